The molecule has 0 fully saturated rings. The van der Waals surface area contributed by atoms with E-state index in [0.717, 1.165) is 6.07 Å². The van der Waals surface area contributed by atoms with Crippen LogP contribution in [0.2, 0.25) is 0 Å². The summed E-state index contributed by atoms with van der Waals surface area (Å²) in [7, 11) is 0. The average molecular weight is 319 g/mol. The van der Waals surface area contributed by atoms with E-state index in [2.05, 4.69) is 5.32 Å². The molecule has 0 saturated carbocycles. The lowest BCUT2D eigenvalue weighted by Gasteiger charge is -2.27. The number of non-ortho nitro benzene ring substituents is 1. The Hall–Kier alpha value is -2.95. The molecule has 1 atom stereocenters. The number of ether oxygens (including phenoxy) is 1. The molecule has 0 radical (unpaired) electrons. The summed E-state index contributed by atoms with van der Waals surface area (Å²) >= 11 is 0. The molecule has 0 heterocycles. The second-order valence-electron chi connectivity index (χ2n) is 5.40. The van der Waals surface area contributed by atoms with Gasteiger partial charge in [0.05, 0.1) is 16.6 Å². The quantitative estimate of drug-likeness (QED) is 0.484. The van der Waals surface area contributed by atoms with Crippen LogP contribution >= 0.6 is 0 Å². The minimum atomic E-state index is -1.07. The molecule has 0 unspecified atom stereocenters. The number of carbonyl (C=O) groups excluding carboxylic acids is 2. The van der Waals surface area contributed by atoms with Crippen molar-refractivity contribution in [1.82, 2.24) is 5.32 Å². The first-order valence-electron chi connectivity index (χ1n) is 6.83. The number of benzene rings is 1. The van der Waals surface area contributed by atoms with Gasteiger partial charge >= 0.3 is 5.97 Å². The number of esters is 1. The van der Waals surface area contributed by atoms with Crippen molar-refractivity contribution in [1.29, 1.82) is 5.26 Å². The number of carbonyl (C=O) groups is 2. The van der Waals surface area contributed by atoms with E-state index in [1.165, 1.54) is 18.2 Å². The molecule has 122 valence electrons. The number of nitriles is 1. The van der Waals surface area contributed by atoms with Crippen LogP contribution in [0.1, 0.15) is 31.1 Å². The number of nitrogens with zero attached hydrogens (tertiary/aromatic N) is 2. The van der Waals surface area contributed by atoms with Crippen molar-refractivity contribution in [3.8, 4) is 6.07 Å². The fourth-order valence-corrected chi connectivity index (χ4v) is 1.59. The zero-order chi connectivity index (χ0) is 17.6. The summed E-state index contributed by atoms with van der Waals surface area (Å²) in [5, 5.41) is 22.3. The second kappa shape index (κ2) is 7.35. The number of rotatable bonds is 6. The molecule has 1 aromatic rings. The molecule has 0 aliphatic carbocycles. The predicted molar refractivity (Wildman–Crippen MR) is 80.4 cm³/mol. The Morgan fingerprint density at radius 2 is 2.13 bits per heavy atom. The summed E-state index contributed by atoms with van der Waals surface area (Å²) in [6.45, 7) is 4.54. The van der Waals surface area contributed by atoms with Gasteiger partial charge in [-0.05, 0) is 18.9 Å². The highest BCUT2D eigenvalue weighted by atomic mass is 16.6. The van der Waals surface area contributed by atoms with Crippen LogP contribution in [0, 0.1) is 27.4 Å². The van der Waals surface area contributed by atoms with Gasteiger partial charge in [0.25, 0.3) is 11.6 Å². The summed E-state index contributed by atoms with van der Waals surface area (Å²) in [4.78, 5) is 33.6. The Labute approximate surface area is 133 Å². The van der Waals surface area contributed by atoms with Crippen molar-refractivity contribution >= 4 is 17.6 Å². The number of nitrogens with one attached hydrogen (secondary N) is 1. The van der Waals surface area contributed by atoms with Crippen LogP contribution in [0.3, 0.4) is 0 Å². The van der Waals surface area contributed by atoms with Crippen molar-refractivity contribution in [2.24, 2.45) is 5.92 Å². The van der Waals surface area contributed by atoms with E-state index in [1.54, 1.807) is 20.8 Å². The molecule has 8 nitrogen and oxygen atoms in total. The molecular weight excluding hydrogens is 302 g/mol. The standard InChI is InChI=1S/C15H17N3O5/c1-10(2)15(3,9-16)17-13(19)8-23-14(20)11-5-4-6-12(7-11)18(21)22/h4-7,10H,8H2,1-3H3,(H,17,19)/t15-/m1/s1. The number of nitro groups is 1. The maximum Gasteiger partial charge on any atom is 0.338 e. The van der Waals surface area contributed by atoms with Crippen molar-refractivity contribution in [2.45, 2.75) is 26.3 Å². The third-order valence-electron chi connectivity index (χ3n) is 3.41. The van der Waals surface area contributed by atoms with Gasteiger partial charge in [0, 0.05) is 12.1 Å². The van der Waals surface area contributed by atoms with Crippen LogP contribution in [-0.2, 0) is 9.53 Å². The Morgan fingerprint density at radius 3 is 2.65 bits per heavy atom. The van der Waals surface area contributed by atoms with Crippen molar-refractivity contribution in [3.63, 3.8) is 0 Å². The summed E-state index contributed by atoms with van der Waals surface area (Å²) in [6.07, 6.45) is 0. The van der Waals surface area contributed by atoms with E-state index < -0.39 is 28.9 Å². The molecule has 1 N–H and O–H groups in total. The minimum Gasteiger partial charge on any atom is -0.452 e. The smallest absolute Gasteiger partial charge is 0.338 e. The van der Waals surface area contributed by atoms with Gasteiger partial charge in [-0.15, -0.1) is 0 Å². The zero-order valence-electron chi connectivity index (χ0n) is 13.0. The second-order valence-corrected chi connectivity index (χ2v) is 5.40. The number of hydrogen-bond donors (Lipinski definition) is 1. The summed E-state index contributed by atoms with van der Waals surface area (Å²) < 4.78 is 4.81. The van der Waals surface area contributed by atoms with E-state index in [9.17, 15) is 19.7 Å². The summed E-state index contributed by atoms with van der Waals surface area (Å²) in [5.41, 5.74) is -1.35. The highest BCUT2D eigenvalue weighted by Gasteiger charge is 2.30. The van der Waals surface area contributed by atoms with E-state index in [-0.39, 0.29) is 17.2 Å². The number of hydrogen-bond acceptors (Lipinski definition) is 6. The zero-order valence-corrected chi connectivity index (χ0v) is 13.0. The van der Waals surface area contributed by atoms with Gasteiger partial charge in [-0.2, -0.15) is 5.26 Å². The Balaban J connectivity index is 2.66. The van der Waals surface area contributed by atoms with E-state index in [1.807, 2.05) is 6.07 Å². The molecule has 0 aliphatic rings. The van der Waals surface area contributed by atoms with Gasteiger partial charge in [0.1, 0.15) is 5.54 Å². The van der Waals surface area contributed by atoms with E-state index in [4.69, 9.17) is 10.00 Å². The average Bonchev–Trinajstić information content (AvgIpc) is 2.52. The largest absolute Gasteiger partial charge is 0.452 e. The lowest BCUT2D eigenvalue weighted by Crippen LogP contribution is -2.50. The molecule has 0 spiro atoms. The Kier molecular flexibility index (Phi) is 5.79. The van der Waals surface area contributed by atoms with Crippen molar-refractivity contribution < 1.29 is 19.2 Å². The summed E-state index contributed by atoms with van der Waals surface area (Å²) in [6, 6.07) is 7.00. The summed E-state index contributed by atoms with van der Waals surface area (Å²) in [5.74, 6) is -1.61. The van der Waals surface area contributed by atoms with Crippen LogP contribution in [0.5, 0.6) is 0 Å². The van der Waals surface area contributed by atoms with Gasteiger partial charge in [0.15, 0.2) is 6.61 Å². The fraction of sp³-hybridized carbons (Fsp3) is 0.400. The molecule has 23 heavy (non-hydrogen) atoms. The Bertz CT molecular complexity index is 665. The SMILES string of the molecule is CC(C)[C@@](C)(C#N)NC(=O)COC(=O)c1cccc([N+](=O)[O-])c1. The minimum absolute atomic E-state index is 0.0288. The topological polar surface area (TPSA) is 122 Å². The highest BCUT2D eigenvalue weighted by Crippen LogP contribution is 2.15. The van der Waals surface area contributed by atoms with Gasteiger partial charge < -0.3 is 10.1 Å². The highest BCUT2D eigenvalue weighted by molar-refractivity contribution is 5.92. The van der Waals surface area contributed by atoms with E-state index >= 15 is 0 Å². The maximum absolute atomic E-state index is 11.8. The van der Waals surface area contributed by atoms with Crippen LogP contribution in [0.25, 0.3) is 0 Å². The lowest BCUT2D eigenvalue weighted by atomic mass is 9.90. The molecule has 0 aliphatic heterocycles. The number of nitro benzene ring substituents is 1. The van der Waals surface area contributed by atoms with Crippen LogP contribution in [-0.4, -0.2) is 28.9 Å². The molecule has 0 saturated heterocycles. The monoisotopic (exact) mass is 319 g/mol. The molecule has 8 heteroatoms. The van der Waals surface area contributed by atoms with Gasteiger partial charge in [0.2, 0.25) is 0 Å². The third kappa shape index (κ3) is 4.78. The van der Waals surface area contributed by atoms with Gasteiger partial charge in [-0.1, -0.05) is 19.9 Å². The maximum atomic E-state index is 11.8. The van der Waals surface area contributed by atoms with Gasteiger partial charge in [-0.25, -0.2) is 4.79 Å². The first-order chi connectivity index (χ1) is 10.7. The number of amides is 1. The van der Waals surface area contributed by atoms with Crippen LogP contribution in [0.4, 0.5) is 5.69 Å². The third-order valence-corrected chi connectivity index (χ3v) is 3.41. The van der Waals surface area contributed by atoms with E-state index in [0.29, 0.717) is 0 Å². The normalized spacial score (nSPS) is 12.8. The Morgan fingerprint density at radius 1 is 1.48 bits per heavy atom. The first kappa shape index (κ1) is 18.1. The molecule has 1 amide bonds. The first-order valence-corrected chi connectivity index (χ1v) is 6.83. The van der Waals surface area contributed by atoms with Crippen molar-refractivity contribution in [2.75, 3.05) is 6.61 Å². The van der Waals surface area contributed by atoms with Crippen LogP contribution < -0.4 is 5.32 Å². The molecule has 0 aromatic heterocycles. The fourth-order valence-electron chi connectivity index (χ4n) is 1.59. The van der Waals surface area contributed by atoms with Crippen molar-refractivity contribution in [3.05, 3.63) is 39.9 Å². The predicted octanol–water partition coefficient (Wildman–Crippen LogP) is 1.81. The van der Waals surface area contributed by atoms with Gasteiger partial charge in [-0.3, -0.25) is 14.9 Å². The molecule has 0 bridgehead atoms. The molecular formula is C15H17N3O5. The molecule has 1 aromatic carbocycles. The molecule has 1 rings (SSSR count). The lowest BCUT2D eigenvalue weighted by molar-refractivity contribution is -0.384. The van der Waals surface area contributed by atoms with Crippen LogP contribution in [0.15, 0.2) is 24.3 Å².